The number of nitrogens with zero attached hydrogens (tertiary/aromatic N) is 3. The molecule has 1 aromatic carbocycles. The van der Waals surface area contributed by atoms with E-state index in [2.05, 4.69) is 16.8 Å². The second kappa shape index (κ2) is 6.62. The molecule has 1 atom stereocenters. The van der Waals surface area contributed by atoms with E-state index in [9.17, 15) is 9.59 Å². The average Bonchev–Trinajstić information content (AvgIpc) is 3.19. The Bertz CT molecular complexity index is 729. The number of carbonyl (C=O) groups is 2. The summed E-state index contributed by atoms with van der Waals surface area (Å²) < 4.78 is 1.54. The zero-order valence-corrected chi connectivity index (χ0v) is 13.8. The van der Waals surface area contributed by atoms with Gasteiger partial charge < -0.3 is 0 Å². The molecule has 5 heteroatoms. The lowest BCUT2D eigenvalue weighted by Crippen LogP contribution is -2.42. The topological polar surface area (TPSA) is 55.2 Å². The van der Waals surface area contributed by atoms with Crippen LogP contribution in [-0.4, -0.2) is 45.3 Å². The second-order valence-electron chi connectivity index (χ2n) is 6.20. The number of rotatable bonds is 5. The first-order chi connectivity index (χ1) is 11.1. The monoisotopic (exact) mass is 313 g/mol. The quantitative estimate of drug-likeness (QED) is 0.796. The van der Waals surface area contributed by atoms with Crippen LogP contribution < -0.4 is 0 Å². The summed E-state index contributed by atoms with van der Waals surface area (Å²) in [7, 11) is 0. The van der Waals surface area contributed by atoms with Crippen LogP contribution in [0.3, 0.4) is 0 Å². The molecule has 5 nitrogen and oxygen atoms in total. The highest BCUT2D eigenvalue weighted by Gasteiger charge is 2.31. The molecule has 0 amide bonds. The fourth-order valence-electron chi connectivity index (χ4n) is 3.42. The van der Waals surface area contributed by atoms with Gasteiger partial charge >= 0.3 is 0 Å². The van der Waals surface area contributed by atoms with Crippen LogP contribution in [-0.2, 0) is 0 Å². The number of Topliss-reactive ketones (excluding diaryl/α,β-unsaturated/α-hetero) is 1. The Hall–Kier alpha value is -2.01. The van der Waals surface area contributed by atoms with E-state index >= 15 is 0 Å². The maximum absolute atomic E-state index is 13.3. The van der Waals surface area contributed by atoms with E-state index in [0.717, 1.165) is 44.3 Å². The largest absolute Gasteiger partial charge is 0.292 e. The van der Waals surface area contributed by atoms with Crippen molar-refractivity contribution in [1.29, 1.82) is 0 Å². The van der Waals surface area contributed by atoms with E-state index in [1.807, 2.05) is 24.3 Å². The number of benzene rings is 1. The zero-order valence-electron chi connectivity index (χ0n) is 13.8. The molecule has 122 valence electrons. The van der Waals surface area contributed by atoms with Crippen molar-refractivity contribution in [1.82, 2.24) is 14.5 Å². The maximum Gasteiger partial charge on any atom is 0.250 e. The molecule has 1 fully saturated rings. The number of hydrogen-bond donors (Lipinski definition) is 0. The van der Waals surface area contributed by atoms with Gasteiger partial charge in [-0.3, -0.25) is 19.1 Å². The van der Waals surface area contributed by atoms with Gasteiger partial charge in [0.15, 0.2) is 11.6 Å². The molecule has 2 aromatic rings. The van der Waals surface area contributed by atoms with E-state index in [1.165, 1.54) is 11.5 Å². The van der Waals surface area contributed by atoms with Crippen molar-refractivity contribution in [2.75, 3.05) is 13.1 Å². The van der Waals surface area contributed by atoms with Gasteiger partial charge in [-0.2, -0.15) is 0 Å². The van der Waals surface area contributed by atoms with E-state index in [0.29, 0.717) is 5.52 Å². The first-order valence-electron chi connectivity index (χ1n) is 8.40. The van der Waals surface area contributed by atoms with Gasteiger partial charge in [0.25, 0.3) is 0 Å². The van der Waals surface area contributed by atoms with Gasteiger partial charge in [-0.05, 0) is 44.5 Å². The Balaban J connectivity index is 2.07. The summed E-state index contributed by atoms with van der Waals surface area (Å²) in [6.07, 6.45) is 4.02. The lowest BCUT2D eigenvalue weighted by molar-refractivity contribution is 0.0741. The molecule has 1 unspecified atom stereocenters. The molecule has 1 saturated heterocycles. The molecular formula is C18H23N3O2. The number of hydrogen-bond acceptors (Lipinski definition) is 4. The third kappa shape index (κ3) is 2.93. The first-order valence-corrected chi connectivity index (χ1v) is 8.40. The van der Waals surface area contributed by atoms with Crippen molar-refractivity contribution in [3.8, 4) is 0 Å². The number of ketones is 1. The summed E-state index contributed by atoms with van der Waals surface area (Å²) in [5.41, 5.74) is 1.42. The van der Waals surface area contributed by atoms with Gasteiger partial charge in [-0.1, -0.05) is 25.5 Å². The van der Waals surface area contributed by atoms with E-state index in [1.54, 1.807) is 0 Å². The van der Waals surface area contributed by atoms with Crippen molar-refractivity contribution in [3.05, 3.63) is 30.1 Å². The summed E-state index contributed by atoms with van der Waals surface area (Å²) in [6, 6.07) is 7.29. The van der Waals surface area contributed by atoms with Crippen molar-refractivity contribution in [2.24, 2.45) is 0 Å². The first kappa shape index (κ1) is 15.9. The van der Waals surface area contributed by atoms with Gasteiger partial charge in [-0.25, -0.2) is 4.98 Å². The molecule has 0 bridgehead atoms. The zero-order chi connectivity index (χ0) is 16.4. The molecule has 1 aromatic heterocycles. The van der Waals surface area contributed by atoms with Crippen LogP contribution >= 0.6 is 0 Å². The lowest BCUT2D eigenvalue weighted by Gasteiger charge is -2.26. The number of imidazole rings is 1. The van der Waals surface area contributed by atoms with Gasteiger partial charge in [0.2, 0.25) is 5.91 Å². The predicted octanol–water partition coefficient (Wildman–Crippen LogP) is 3.14. The molecule has 0 N–H and O–H groups in total. The number of carbonyl (C=O) groups excluding carboxylic acids is 2. The minimum absolute atomic E-state index is 0.0207. The second-order valence-corrected chi connectivity index (χ2v) is 6.20. The van der Waals surface area contributed by atoms with Crippen LogP contribution in [0.5, 0.6) is 0 Å². The summed E-state index contributed by atoms with van der Waals surface area (Å²) in [5.74, 6) is 0.0513. The van der Waals surface area contributed by atoms with Crippen molar-refractivity contribution >= 4 is 22.7 Å². The molecule has 0 radical (unpaired) electrons. The third-order valence-electron chi connectivity index (χ3n) is 4.52. The number of fused-ring (bicyclic) bond motifs is 1. The number of aromatic nitrogens is 2. The van der Waals surface area contributed by atoms with Crippen LogP contribution in [0, 0.1) is 0 Å². The van der Waals surface area contributed by atoms with E-state index < -0.39 is 0 Å². The standard InChI is InChI=1S/C18H23N3O2/c1-3-8-16(20-11-6-7-12-20)18(23)21-15-10-5-4-9-14(15)19-17(21)13(2)22/h4-5,9-10,16H,3,6-8,11-12H2,1-2H3. The summed E-state index contributed by atoms with van der Waals surface area (Å²) in [4.78, 5) is 31.9. The van der Waals surface area contributed by atoms with Crippen molar-refractivity contribution < 1.29 is 9.59 Å². The van der Waals surface area contributed by atoms with Crippen LogP contribution in [0.1, 0.15) is 54.9 Å². The summed E-state index contributed by atoms with van der Waals surface area (Å²) >= 11 is 0. The SMILES string of the molecule is CCCC(C(=O)n1c(C(C)=O)nc2ccccc21)N1CCCC1. The maximum atomic E-state index is 13.3. The lowest BCUT2D eigenvalue weighted by atomic mass is 10.1. The van der Waals surface area contributed by atoms with Gasteiger partial charge in [0, 0.05) is 6.92 Å². The number of para-hydroxylation sites is 2. The third-order valence-corrected chi connectivity index (χ3v) is 4.52. The van der Waals surface area contributed by atoms with Crippen molar-refractivity contribution in [3.63, 3.8) is 0 Å². The van der Waals surface area contributed by atoms with Gasteiger partial charge in [0.1, 0.15) is 0 Å². The molecule has 0 aliphatic carbocycles. The van der Waals surface area contributed by atoms with E-state index in [4.69, 9.17) is 0 Å². The Morgan fingerprint density at radius 3 is 2.57 bits per heavy atom. The van der Waals surface area contributed by atoms with Crippen LogP contribution in [0.15, 0.2) is 24.3 Å². The van der Waals surface area contributed by atoms with Gasteiger partial charge in [-0.15, -0.1) is 0 Å². The average molecular weight is 313 g/mol. The number of likely N-dealkylation sites (tertiary alicyclic amines) is 1. The molecule has 1 aliphatic rings. The Morgan fingerprint density at radius 2 is 1.91 bits per heavy atom. The Kier molecular flexibility index (Phi) is 4.57. The fourth-order valence-corrected chi connectivity index (χ4v) is 3.42. The minimum atomic E-state index is -0.175. The van der Waals surface area contributed by atoms with Crippen molar-refractivity contribution in [2.45, 2.75) is 45.6 Å². The van der Waals surface area contributed by atoms with E-state index in [-0.39, 0.29) is 23.6 Å². The molecule has 1 aliphatic heterocycles. The predicted molar refractivity (Wildman–Crippen MR) is 89.9 cm³/mol. The fraction of sp³-hybridized carbons (Fsp3) is 0.500. The molecular weight excluding hydrogens is 290 g/mol. The summed E-state index contributed by atoms with van der Waals surface area (Å²) in [5, 5.41) is 0. The smallest absolute Gasteiger partial charge is 0.250 e. The van der Waals surface area contributed by atoms with Gasteiger partial charge in [0.05, 0.1) is 17.1 Å². The highest BCUT2D eigenvalue weighted by atomic mass is 16.2. The van der Waals surface area contributed by atoms with Crippen LogP contribution in [0.2, 0.25) is 0 Å². The molecule has 2 heterocycles. The van der Waals surface area contributed by atoms with Crippen LogP contribution in [0.25, 0.3) is 11.0 Å². The Labute approximate surface area is 136 Å². The molecule has 0 saturated carbocycles. The molecule has 0 spiro atoms. The highest BCUT2D eigenvalue weighted by Crippen LogP contribution is 2.22. The minimum Gasteiger partial charge on any atom is -0.292 e. The Morgan fingerprint density at radius 1 is 1.22 bits per heavy atom. The van der Waals surface area contributed by atoms with Crippen LogP contribution in [0.4, 0.5) is 0 Å². The molecule has 23 heavy (non-hydrogen) atoms. The highest BCUT2D eigenvalue weighted by molar-refractivity contribution is 6.02. The molecule has 3 rings (SSSR count). The summed E-state index contributed by atoms with van der Waals surface area (Å²) in [6.45, 7) is 5.47. The normalized spacial score (nSPS) is 16.8.